The Hall–Kier alpha value is -1.43. The van der Waals surface area contributed by atoms with Crippen LogP contribution in [0.15, 0.2) is 91.0 Å². The Bertz CT molecular complexity index is 656. The van der Waals surface area contributed by atoms with Gasteiger partial charge in [-0.2, -0.15) is 0 Å². The zero-order chi connectivity index (χ0) is 15.3. The first kappa shape index (κ1) is 15.5. The lowest BCUT2D eigenvalue weighted by Gasteiger charge is -2.20. The van der Waals surface area contributed by atoms with Crippen LogP contribution < -0.4 is 10.6 Å². The number of aryl methyl sites for hydroxylation is 1. The molecule has 0 saturated carbocycles. The summed E-state index contributed by atoms with van der Waals surface area (Å²) in [6.45, 7) is 0. The number of rotatable bonds is 5. The first-order valence-electron chi connectivity index (χ1n) is 7.52. The highest BCUT2D eigenvalue weighted by Gasteiger charge is 2.40. The van der Waals surface area contributed by atoms with Crippen LogP contribution in [0, 0.1) is 0 Å². The number of benzene rings is 3. The van der Waals surface area contributed by atoms with Crippen LogP contribution in [0.1, 0.15) is 5.56 Å². The van der Waals surface area contributed by atoms with Gasteiger partial charge in [0.05, 0.1) is 6.16 Å². The van der Waals surface area contributed by atoms with Gasteiger partial charge in [-0.05, 0) is 29.8 Å². The summed E-state index contributed by atoms with van der Waals surface area (Å²) in [5, 5.41) is 2.83. The van der Waals surface area contributed by atoms with E-state index in [0.29, 0.717) is 0 Å². The number of hydrogen-bond donors (Lipinski definition) is 0. The van der Waals surface area contributed by atoms with Crippen LogP contribution in [0.5, 0.6) is 0 Å². The summed E-state index contributed by atoms with van der Waals surface area (Å²) in [6, 6.07) is 32.5. The van der Waals surface area contributed by atoms with Gasteiger partial charge in [0, 0.05) is 6.42 Å². The van der Waals surface area contributed by atoms with Crippen LogP contribution in [-0.4, -0.2) is 6.16 Å². The van der Waals surface area contributed by atoms with Gasteiger partial charge in [-0.1, -0.05) is 66.7 Å². The largest absolute Gasteiger partial charge is 0.151 e. The fraction of sp³-hybridized carbons (Fsp3) is 0.100. The van der Waals surface area contributed by atoms with Crippen molar-refractivity contribution in [1.82, 2.24) is 0 Å². The van der Waals surface area contributed by atoms with Gasteiger partial charge in [-0.3, -0.25) is 0 Å². The van der Waals surface area contributed by atoms with E-state index in [1.54, 1.807) is 0 Å². The maximum Gasteiger partial charge on any atom is 0.151 e. The number of halogens is 1. The molecule has 0 spiro atoms. The summed E-state index contributed by atoms with van der Waals surface area (Å²) in [5.74, 6) is -1.53. The third kappa shape index (κ3) is 3.48. The predicted molar refractivity (Wildman–Crippen MR) is 103 cm³/mol. The Morgan fingerprint density at radius 1 is 0.591 bits per heavy atom. The van der Waals surface area contributed by atoms with Crippen molar-refractivity contribution in [3.8, 4) is 0 Å². The van der Waals surface area contributed by atoms with Gasteiger partial charge in [0.2, 0.25) is 0 Å². The van der Waals surface area contributed by atoms with Crippen LogP contribution in [0.25, 0.3) is 0 Å². The topological polar surface area (TPSA) is 0 Å². The summed E-state index contributed by atoms with van der Waals surface area (Å²) in [7, 11) is 0. The standard InChI is InChI=1S/C20H19BrP/c21-22(19-12-6-2-7-13-19,20-14-8-3-9-15-20)17-16-18-10-4-1-5-11-18/h1-15H,16-17H2/q+1. The first-order valence-corrected chi connectivity index (χ1v) is 11.5. The van der Waals surface area contributed by atoms with Crippen molar-refractivity contribution >= 4 is 32.1 Å². The van der Waals surface area contributed by atoms with Crippen molar-refractivity contribution in [3.05, 3.63) is 96.6 Å². The smallest absolute Gasteiger partial charge is 0.0622 e. The van der Waals surface area contributed by atoms with Crippen LogP contribution >= 0.6 is 21.5 Å². The summed E-state index contributed by atoms with van der Waals surface area (Å²) in [6.07, 6.45) is 2.22. The van der Waals surface area contributed by atoms with Crippen molar-refractivity contribution in [2.45, 2.75) is 6.42 Å². The molecule has 3 rings (SSSR count). The maximum absolute atomic E-state index is 4.17. The Morgan fingerprint density at radius 2 is 1.00 bits per heavy atom. The minimum Gasteiger partial charge on any atom is -0.0622 e. The minimum absolute atomic E-state index is 1.09. The van der Waals surface area contributed by atoms with Crippen LogP contribution in [-0.2, 0) is 6.42 Å². The summed E-state index contributed by atoms with van der Waals surface area (Å²) in [4.78, 5) is 0. The van der Waals surface area contributed by atoms with E-state index >= 15 is 0 Å². The van der Waals surface area contributed by atoms with E-state index in [2.05, 4.69) is 106 Å². The molecule has 0 aliphatic heterocycles. The van der Waals surface area contributed by atoms with Crippen molar-refractivity contribution in [2.75, 3.05) is 6.16 Å². The average molecular weight is 370 g/mol. The molecule has 0 amide bonds. The molecule has 0 atom stereocenters. The second kappa shape index (κ2) is 7.22. The van der Waals surface area contributed by atoms with Crippen LogP contribution in [0.3, 0.4) is 0 Å². The molecule has 0 N–H and O–H groups in total. The van der Waals surface area contributed by atoms with E-state index in [1.807, 2.05) is 0 Å². The molecule has 0 saturated heterocycles. The fourth-order valence-corrected chi connectivity index (χ4v) is 7.28. The van der Waals surface area contributed by atoms with Gasteiger partial charge in [0.15, 0.2) is 15.5 Å². The zero-order valence-electron chi connectivity index (χ0n) is 12.4. The third-order valence-corrected chi connectivity index (χ3v) is 10.5. The predicted octanol–water partition coefficient (Wildman–Crippen LogP) is 5.21. The molecule has 0 heterocycles. The highest BCUT2D eigenvalue weighted by molar-refractivity contribution is 9.43. The molecule has 0 aromatic heterocycles. The van der Waals surface area contributed by atoms with Crippen LogP contribution in [0.2, 0.25) is 0 Å². The van der Waals surface area contributed by atoms with Gasteiger partial charge in [-0.15, -0.1) is 0 Å². The molecular weight excluding hydrogens is 351 g/mol. The molecule has 0 aliphatic rings. The molecule has 0 radical (unpaired) electrons. The fourth-order valence-electron chi connectivity index (χ4n) is 2.66. The molecule has 0 aliphatic carbocycles. The van der Waals surface area contributed by atoms with Gasteiger partial charge in [0.1, 0.15) is 16.6 Å². The van der Waals surface area contributed by atoms with E-state index in [9.17, 15) is 0 Å². The quantitative estimate of drug-likeness (QED) is 0.541. The Morgan fingerprint density at radius 3 is 1.45 bits per heavy atom. The van der Waals surface area contributed by atoms with E-state index in [4.69, 9.17) is 0 Å². The molecule has 0 unspecified atom stereocenters. The van der Waals surface area contributed by atoms with Crippen LogP contribution in [0.4, 0.5) is 0 Å². The monoisotopic (exact) mass is 369 g/mol. The van der Waals surface area contributed by atoms with E-state index in [0.717, 1.165) is 12.6 Å². The van der Waals surface area contributed by atoms with Crippen molar-refractivity contribution in [3.63, 3.8) is 0 Å². The second-order valence-electron chi connectivity index (χ2n) is 5.35. The van der Waals surface area contributed by atoms with Crippen molar-refractivity contribution in [1.29, 1.82) is 0 Å². The van der Waals surface area contributed by atoms with E-state index in [-0.39, 0.29) is 0 Å². The summed E-state index contributed by atoms with van der Waals surface area (Å²) >= 11 is 4.17. The molecule has 0 fully saturated rings. The SMILES string of the molecule is Br[P+](CCc1ccccc1)(c1ccccc1)c1ccccc1. The lowest BCUT2D eigenvalue weighted by atomic mass is 10.2. The van der Waals surface area contributed by atoms with Gasteiger partial charge < -0.3 is 0 Å². The van der Waals surface area contributed by atoms with Gasteiger partial charge in [-0.25, -0.2) is 0 Å². The molecule has 0 bridgehead atoms. The highest BCUT2D eigenvalue weighted by atomic mass is 79.9. The van der Waals surface area contributed by atoms with Crippen molar-refractivity contribution < 1.29 is 0 Å². The molecule has 22 heavy (non-hydrogen) atoms. The molecule has 0 nitrogen and oxygen atoms in total. The third-order valence-electron chi connectivity index (χ3n) is 3.88. The van der Waals surface area contributed by atoms with Gasteiger partial charge >= 0.3 is 0 Å². The maximum atomic E-state index is 4.17. The molecule has 3 aromatic carbocycles. The normalized spacial score (nSPS) is 11.3. The number of hydrogen-bond acceptors (Lipinski definition) is 0. The van der Waals surface area contributed by atoms with E-state index in [1.165, 1.54) is 16.2 Å². The molecular formula is C20H19BrP+. The van der Waals surface area contributed by atoms with Gasteiger partial charge in [0.25, 0.3) is 0 Å². The molecule has 3 aromatic rings. The summed E-state index contributed by atoms with van der Waals surface area (Å²) in [5.41, 5.74) is 1.40. The Labute approximate surface area is 141 Å². The molecule has 2 heteroatoms. The average Bonchev–Trinajstić information content (AvgIpc) is 2.62. The summed E-state index contributed by atoms with van der Waals surface area (Å²) < 4.78 is 0. The minimum atomic E-state index is -1.53. The first-order chi connectivity index (χ1) is 10.8. The Balaban J connectivity index is 1.93. The zero-order valence-corrected chi connectivity index (χ0v) is 14.9. The second-order valence-corrected chi connectivity index (χ2v) is 11.9. The van der Waals surface area contributed by atoms with E-state index < -0.39 is 5.96 Å². The lowest BCUT2D eigenvalue weighted by molar-refractivity contribution is 1.15. The highest BCUT2D eigenvalue weighted by Crippen LogP contribution is 2.64. The Kier molecular flexibility index (Phi) is 5.08. The van der Waals surface area contributed by atoms with Crippen molar-refractivity contribution in [2.24, 2.45) is 0 Å². The molecule has 110 valence electrons. The lowest BCUT2D eigenvalue weighted by Crippen LogP contribution is -2.21.